The van der Waals surface area contributed by atoms with Crippen molar-refractivity contribution in [2.45, 2.75) is 83.1 Å². The summed E-state index contributed by atoms with van der Waals surface area (Å²) in [6.45, 7) is 10.9. The van der Waals surface area contributed by atoms with Crippen molar-refractivity contribution in [3.8, 4) is 28.5 Å². The first kappa shape index (κ1) is 29.4. The lowest BCUT2D eigenvalue weighted by Gasteiger charge is -2.48. The number of nitrogens with zero attached hydrogens (tertiary/aromatic N) is 1. The van der Waals surface area contributed by atoms with Crippen LogP contribution in [0.5, 0.6) is 17.2 Å². The molecule has 3 aliphatic rings. The second-order valence-electron chi connectivity index (χ2n) is 12.7. The highest BCUT2D eigenvalue weighted by Gasteiger charge is 2.47. The van der Waals surface area contributed by atoms with Crippen LogP contribution >= 0.6 is 0 Å². The molecule has 9 nitrogen and oxygen atoms in total. The van der Waals surface area contributed by atoms with Crippen molar-refractivity contribution in [1.82, 2.24) is 15.6 Å². The first-order valence-electron chi connectivity index (χ1n) is 14.5. The van der Waals surface area contributed by atoms with Gasteiger partial charge in [0.05, 0.1) is 12.1 Å². The molecule has 1 fully saturated rings. The highest BCUT2D eigenvalue weighted by molar-refractivity contribution is 5.77. The zero-order valence-electron chi connectivity index (χ0n) is 24.6. The molecule has 0 radical (unpaired) electrons. The lowest BCUT2D eigenvalue weighted by molar-refractivity contribution is -0.126. The Hall–Kier alpha value is -3.14. The SMILES string of the molecule is C=CC[C@H](NC(=O)COC)[C@H](O)CN[C@H]1CC2(CCC2)Oc2c1cc(CC(C)(C)C)nc2-c1ccc2c(c1)OCO2. The van der Waals surface area contributed by atoms with E-state index in [0.717, 1.165) is 66.1 Å². The van der Waals surface area contributed by atoms with E-state index in [2.05, 4.69) is 44.1 Å². The minimum Gasteiger partial charge on any atom is -0.485 e. The van der Waals surface area contributed by atoms with Gasteiger partial charge in [-0.15, -0.1) is 6.58 Å². The number of rotatable bonds is 11. The molecule has 0 saturated heterocycles. The summed E-state index contributed by atoms with van der Waals surface area (Å²) in [6, 6.07) is 7.55. The Morgan fingerprint density at radius 2 is 2.05 bits per heavy atom. The Morgan fingerprint density at radius 3 is 2.73 bits per heavy atom. The third-order valence-electron chi connectivity index (χ3n) is 8.03. The maximum Gasteiger partial charge on any atom is 0.246 e. The van der Waals surface area contributed by atoms with E-state index in [9.17, 15) is 9.90 Å². The molecule has 1 spiro atoms. The third kappa shape index (κ3) is 6.68. The number of hydrogen-bond acceptors (Lipinski definition) is 8. The Balaban J connectivity index is 1.48. The Labute approximate surface area is 242 Å². The number of aliphatic hydroxyl groups is 1. The Morgan fingerprint density at radius 1 is 1.27 bits per heavy atom. The molecule has 9 heteroatoms. The summed E-state index contributed by atoms with van der Waals surface area (Å²) in [5, 5.41) is 17.6. The number of aliphatic hydroxyl groups excluding tert-OH is 1. The van der Waals surface area contributed by atoms with Gasteiger partial charge in [0.25, 0.3) is 0 Å². The quantitative estimate of drug-likeness (QED) is 0.343. The van der Waals surface area contributed by atoms with E-state index in [1.165, 1.54) is 7.11 Å². The van der Waals surface area contributed by atoms with Crippen molar-refractivity contribution < 1.29 is 28.8 Å². The number of benzene rings is 1. The van der Waals surface area contributed by atoms with E-state index >= 15 is 0 Å². The van der Waals surface area contributed by atoms with Gasteiger partial charge >= 0.3 is 0 Å². The summed E-state index contributed by atoms with van der Waals surface area (Å²) in [5.41, 5.74) is 3.52. The molecule has 1 aromatic carbocycles. The third-order valence-corrected chi connectivity index (χ3v) is 8.03. The second-order valence-corrected chi connectivity index (χ2v) is 12.7. The van der Waals surface area contributed by atoms with Gasteiger partial charge in [-0.05, 0) is 61.8 Å². The van der Waals surface area contributed by atoms with Gasteiger partial charge in [0, 0.05) is 42.9 Å². The minimum absolute atomic E-state index is 0.0373. The molecule has 3 heterocycles. The summed E-state index contributed by atoms with van der Waals surface area (Å²) in [5.74, 6) is 1.95. The number of amides is 1. The van der Waals surface area contributed by atoms with Crippen molar-refractivity contribution in [1.29, 1.82) is 0 Å². The zero-order valence-corrected chi connectivity index (χ0v) is 24.6. The lowest BCUT2D eigenvalue weighted by atomic mass is 9.72. The van der Waals surface area contributed by atoms with Crippen molar-refractivity contribution >= 4 is 5.91 Å². The van der Waals surface area contributed by atoms with Crippen LogP contribution in [0.25, 0.3) is 11.3 Å². The molecular weight excluding hydrogens is 522 g/mol. The smallest absolute Gasteiger partial charge is 0.246 e. The van der Waals surface area contributed by atoms with Crippen LogP contribution < -0.4 is 24.8 Å². The highest BCUT2D eigenvalue weighted by atomic mass is 16.7. The molecule has 222 valence electrons. The maximum atomic E-state index is 12.2. The maximum absolute atomic E-state index is 12.2. The van der Waals surface area contributed by atoms with Crippen LogP contribution in [0.3, 0.4) is 0 Å². The van der Waals surface area contributed by atoms with Gasteiger partial charge in [-0.25, -0.2) is 4.98 Å². The number of hydrogen-bond donors (Lipinski definition) is 3. The predicted octanol–water partition coefficient (Wildman–Crippen LogP) is 4.47. The average Bonchev–Trinajstić information content (AvgIpc) is 3.37. The van der Waals surface area contributed by atoms with E-state index < -0.39 is 12.1 Å². The molecule has 0 bridgehead atoms. The fourth-order valence-electron chi connectivity index (χ4n) is 5.92. The highest BCUT2D eigenvalue weighted by Crippen LogP contribution is 2.52. The summed E-state index contributed by atoms with van der Waals surface area (Å²) < 4.78 is 23.0. The Kier molecular flexibility index (Phi) is 8.59. The lowest BCUT2D eigenvalue weighted by Crippen LogP contribution is -2.52. The number of aromatic nitrogens is 1. The number of carbonyl (C=O) groups excluding carboxylic acids is 1. The van der Waals surface area contributed by atoms with E-state index in [-0.39, 0.29) is 36.4 Å². The van der Waals surface area contributed by atoms with Crippen LogP contribution in [-0.4, -0.2) is 60.8 Å². The number of fused-ring (bicyclic) bond motifs is 2. The second kappa shape index (κ2) is 12.0. The molecule has 2 aromatic rings. The van der Waals surface area contributed by atoms with Gasteiger partial charge in [0.2, 0.25) is 12.7 Å². The van der Waals surface area contributed by atoms with Crippen LogP contribution in [-0.2, 0) is 16.0 Å². The molecule has 1 saturated carbocycles. The molecule has 0 unspecified atom stereocenters. The van der Waals surface area contributed by atoms with Crippen molar-refractivity contribution in [2.75, 3.05) is 27.1 Å². The minimum atomic E-state index is -0.818. The topological polar surface area (TPSA) is 111 Å². The molecule has 41 heavy (non-hydrogen) atoms. The average molecular weight is 566 g/mol. The summed E-state index contributed by atoms with van der Waals surface area (Å²) in [6.07, 6.45) is 6.00. The summed E-state index contributed by atoms with van der Waals surface area (Å²) >= 11 is 0. The van der Waals surface area contributed by atoms with Crippen LogP contribution in [0.15, 0.2) is 36.9 Å². The molecule has 1 aromatic heterocycles. The number of ether oxygens (including phenoxy) is 4. The molecule has 3 N–H and O–H groups in total. The molecule has 5 rings (SSSR count). The number of pyridine rings is 1. The largest absolute Gasteiger partial charge is 0.485 e. The fourth-order valence-corrected chi connectivity index (χ4v) is 5.92. The first-order valence-corrected chi connectivity index (χ1v) is 14.5. The standard InChI is InChI=1S/C32H43N3O6/c1-6-8-23(35-28(37)18-38-5)25(36)17-33-24-16-32(11-7-12-32)41-30-22(24)14-21(15-31(2,3)4)34-29(30)20-9-10-26-27(13-20)40-19-39-26/h6,9-10,13-14,23-25,33,36H,1,7-8,11-12,15-19H2,2-5H3,(H,35,37)/t23-,24-,25+/m0/s1. The summed E-state index contributed by atoms with van der Waals surface area (Å²) in [7, 11) is 1.47. The number of nitrogens with one attached hydrogen (secondary N) is 2. The van der Waals surface area contributed by atoms with Gasteiger partial charge in [0.15, 0.2) is 17.2 Å². The normalized spacial score (nSPS) is 20.0. The van der Waals surface area contributed by atoms with Crippen LogP contribution in [0.2, 0.25) is 0 Å². The molecule has 1 amide bonds. The van der Waals surface area contributed by atoms with Gasteiger partial charge in [-0.1, -0.05) is 26.8 Å². The number of methoxy groups -OCH3 is 1. The van der Waals surface area contributed by atoms with Crippen LogP contribution in [0, 0.1) is 5.41 Å². The fraction of sp³-hybridized carbons (Fsp3) is 0.562. The van der Waals surface area contributed by atoms with Gasteiger partial charge in [-0.3, -0.25) is 4.79 Å². The van der Waals surface area contributed by atoms with E-state index in [0.29, 0.717) is 18.7 Å². The van der Waals surface area contributed by atoms with Gasteiger partial charge in [-0.2, -0.15) is 0 Å². The molecule has 2 aliphatic heterocycles. The Bertz CT molecular complexity index is 1270. The van der Waals surface area contributed by atoms with Crippen molar-refractivity contribution in [3.05, 3.63) is 48.2 Å². The van der Waals surface area contributed by atoms with Crippen molar-refractivity contribution in [3.63, 3.8) is 0 Å². The molecule has 3 atom stereocenters. The summed E-state index contributed by atoms with van der Waals surface area (Å²) in [4.78, 5) is 17.3. The van der Waals surface area contributed by atoms with Crippen molar-refractivity contribution in [2.24, 2.45) is 5.41 Å². The monoisotopic (exact) mass is 565 g/mol. The first-order chi connectivity index (χ1) is 19.6. The van der Waals surface area contributed by atoms with E-state index in [4.69, 9.17) is 23.9 Å². The van der Waals surface area contributed by atoms with E-state index in [1.54, 1.807) is 6.08 Å². The molecule has 1 aliphatic carbocycles. The van der Waals surface area contributed by atoms with Gasteiger partial charge < -0.3 is 34.7 Å². The molecular formula is C32H43N3O6. The van der Waals surface area contributed by atoms with Crippen LogP contribution in [0.4, 0.5) is 0 Å². The van der Waals surface area contributed by atoms with E-state index in [1.807, 2.05) is 18.2 Å². The van der Waals surface area contributed by atoms with Gasteiger partial charge in [0.1, 0.15) is 17.9 Å². The number of carbonyl (C=O) groups is 1. The van der Waals surface area contributed by atoms with Crippen LogP contribution in [0.1, 0.15) is 70.2 Å². The zero-order chi connectivity index (χ0) is 29.2. The predicted molar refractivity (Wildman–Crippen MR) is 156 cm³/mol.